The fraction of sp³-hybridized carbons (Fsp3) is 0.462. The van der Waals surface area contributed by atoms with Crippen molar-refractivity contribution in [2.24, 2.45) is 5.73 Å². The molecule has 1 aliphatic rings. The van der Waals surface area contributed by atoms with Crippen molar-refractivity contribution in [1.82, 2.24) is 0 Å². The molecule has 0 saturated carbocycles. The van der Waals surface area contributed by atoms with Gasteiger partial charge in [0, 0.05) is 12.2 Å². The smallest absolute Gasteiger partial charge is 0.243 e. The maximum Gasteiger partial charge on any atom is 0.243 e. The average molecular weight is 334 g/mol. The third-order valence-electron chi connectivity index (χ3n) is 3.08. The van der Waals surface area contributed by atoms with Crippen molar-refractivity contribution in [3.05, 3.63) is 24.3 Å². The number of benzene rings is 1. The number of halogens is 1. The van der Waals surface area contributed by atoms with E-state index in [0.29, 0.717) is 24.3 Å². The number of anilines is 2. The van der Waals surface area contributed by atoms with E-state index in [1.807, 2.05) is 0 Å². The Kier molecular flexibility index (Phi) is 5.25. The van der Waals surface area contributed by atoms with Gasteiger partial charge in [0.2, 0.25) is 15.9 Å². The first kappa shape index (κ1) is 17.7. The molecule has 1 heterocycles. The summed E-state index contributed by atoms with van der Waals surface area (Å²) in [5.74, 6) is -0.154. The van der Waals surface area contributed by atoms with Crippen LogP contribution in [0.1, 0.15) is 20.3 Å². The number of carbonyl (C=O) groups is 1. The molecular weight excluding hydrogens is 314 g/mol. The van der Waals surface area contributed by atoms with E-state index in [1.165, 1.54) is 4.31 Å². The highest BCUT2D eigenvalue weighted by Gasteiger charge is 2.28. The number of nitrogens with two attached hydrogens (primary N) is 1. The summed E-state index contributed by atoms with van der Waals surface area (Å²) < 4.78 is 25.1. The Labute approximate surface area is 131 Å². The standard InChI is InChI=1S/C13H19N3O3S.ClH/c1-13(2,14)12(17)15-10-5-3-6-11(9-10)16-7-4-8-20(16,18)19;/h3,5-6,9H,4,7-8,14H2,1-2H3,(H,15,17);1H. The van der Waals surface area contributed by atoms with Crippen molar-refractivity contribution in [3.63, 3.8) is 0 Å². The van der Waals surface area contributed by atoms with Crippen molar-refractivity contribution in [3.8, 4) is 0 Å². The van der Waals surface area contributed by atoms with E-state index in [9.17, 15) is 13.2 Å². The molecule has 2 rings (SSSR count). The van der Waals surface area contributed by atoms with Crippen molar-refractivity contribution in [2.75, 3.05) is 21.9 Å². The zero-order valence-corrected chi connectivity index (χ0v) is 13.6. The molecule has 0 atom stereocenters. The monoisotopic (exact) mass is 333 g/mol. The van der Waals surface area contributed by atoms with Crippen molar-refractivity contribution >= 4 is 39.7 Å². The zero-order chi connectivity index (χ0) is 15.0. The number of nitrogens with zero attached hydrogens (tertiary/aromatic N) is 1. The minimum Gasteiger partial charge on any atom is -0.324 e. The van der Waals surface area contributed by atoms with Gasteiger partial charge in [-0.05, 0) is 38.5 Å². The van der Waals surface area contributed by atoms with Gasteiger partial charge in [0.05, 0.1) is 17.0 Å². The Balaban J connectivity index is 0.00000220. The Hall–Kier alpha value is -1.31. The van der Waals surface area contributed by atoms with Gasteiger partial charge < -0.3 is 11.1 Å². The predicted molar refractivity (Wildman–Crippen MR) is 86.3 cm³/mol. The molecule has 1 saturated heterocycles. The maximum absolute atomic E-state index is 11.9. The largest absolute Gasteiger partial charge is 0.324 e. The maximum atomic E-state index is 11.9. The van der Waals surface area contributed by atoms with Crippen LogP contribution in [0.25, 0.3) is 0 Å². The summed E-state index contributed by atoms with van der Waals surface area (Å²) >= 11 is 0. The molecule has 8 heteroatoms. The van der Waals surface area contributed by atoms with E-state index in [-0.39, 0.29) is 24.1 Å². The van der Waals surface area contributed by atoms with Crippen LogP contribution in [0.15, 0.2) is 24.3 Å². The molecule has 0 aliphatic carbocycles. The van der Waals surface area contributed by atoms with Crippen LogP contribution in [0, 0.1) is 0 Å². The van der Waals surface area contributed by atoms with E-state index >= 15 is 0 Å². The molecule has 1 aliphatic heterocycles. The topological polar surface area (TPSA) is 92.5 Å². The van der Waals surface area contributed by atoms with Gasteiger partial charge in [0.25, 0.3) is 0 Å². The van der Waals surface area contributed by atoms with Crippen LogP contribution in [-0.4, -0.2) is 32.2 Å². The van der Waals surface area contributed by atoms with Crippen LogP contribution in [0.3, 0.4) is 0 Å². The molecule has 0 bridgehead atoms. The second-order valence-electron chi connectivity index (χ2n) is 5.47. The number of sulfonamides is 1. The number of carbonyl (C=O) groups excluding carboxylic acids is 1. The third-order valence-corrected chi connectivity index (χ3v) is 4.95. The summed E-state index contributed by atoms with van der Waals surface area (Å²) in [6, 6.07) is 6.77. The van der Waals surface area contributed by atoms with Crippen LogP contribution in [0.2, 0.25) is 0 Å². The Morgan fingerprint density at radius 1 is 1.38 bits per heavy atom. The van der Waals surface area contributed by atoms with E-state index in [2.05, 4.69) is 5.32 Å². The molecule has 1 amide bonds. The van der Waals surface area contributed by atoms with E-state index < -0.39 is 15.6 Å². The molecule has 0 spiro atoms. The molecule has 0 radical (unpaired) electrons. The molecule has 6 nitrogen and oxygen atoms in total. The number of rotatable bonds is 3. The Morgan fingerprint density at radius 3 is 2.57 bits per heavy atom. The lowest BCUT2D eigenvalue weighted by atomic mass is 10.1. The Morgan fingerprint density at radius 2 is 2.05 bits per heavy atom. The highest BCUT2D eigenvalue weighted by Crippen LogP contribution is 2.26. The normalized spacial score (nSPS) is 17.2. The summed E-state index contributed by atoms with van der Waals surface area (Å²) in [5.41, 5.74) is 5.82. The summed E-state index contributed by atoms with van der Waals surface area (Å²) in [6.45, 7) is 3.69. The molecular formula is C13H20ClN3O3S. The molecule has 1 fully saturated rings. The van der Waals surface area contributed by atoms with Crippen LogP contribution in [0.5, 0.6) is 0 Å². The summed E-state index contributed by atoms with van der Waals surface area (Å²) in [6.07, 6.45) is 0.620. The van der Waals surface area contributed by atoms with Gasteiger partial charge in [-0.25, -0.2) is 8.42 Å². The molecule has 0 unspecified atom stereocenters. The first-order chi connectivity index (χ1) is 9.20. The van der Waals surface area contributed by atoms with Gasteiger partial charge in [0.1, 0.15) is 0 Å². The number of hydrogen-bond donors (Lipinski definition) is 2. The van der Waals surface area contributed by atoms with Gasteiger partial charge in [0.15, 0.2) is 0 Å². The molecule has 118 valence electrons. The lowest BCUT2D eigenvalue weighted by Crippen LogP contribution is -2.45. The molecule has 3 N–H and O–H groups in total. The zero-order valence-electron chi connectivity index (χ0n) is 12.0. The lowest BCUT2D eigenvalue weighted by molar-refractivity contribution is -0.120. The van der Waals surface area contributed by atoms with Gasteiger partial charge in [-0.15, -0.1) is 12.4 Å². The fourth-order valence-corrected chi connectivity index (χ4v) is 3.52. The summed E-state index contributed by atoms with van der Waals surface area (Å²) in [4.78, 5) is 11.8. The van der Waals surface area contributed by atoms with Crippen LogP contribution in [0.4, 0.5) is 11.4 Å². The predicted octanol–water partition coefficient (Wildman–Crippen LogP) is 1.32. The molecule has 1 aromatic carbocycles. The Bertz CT molecular complexity index is 626. The average Bonchev–Trinajstić information content (AvgIpc) is 2.68. The molecule has 0 aromatic heterocycles. The fourth-order valence-electron chi connectivity index (χ4n) is 1.96. The van der Waals surface area contributed by atoms with Crippen molar-refractivity contribution < 1.29 is 13.2 Å². The number of amides is 1. The second-order valence-corrected chi connectivity index (χ2v) is 7.48. The van der Waals surface area contributed by atoms with E-state index in [0.717, 1.165) is 0 Å². The van der Waals surface area contributed by atoms with Gasteiger partial charge >= 0.3 is 0 Å². The van der Waals surface area contributed by atoms with Crippen LogP contribution >= 0.6 is 12.4 Å². The third kappa shape index (κ3) is 4.09. The van der Waals surface area contributed by atoms with Gasteiger partial charge in [-0.2, -0.15) is 0 Å². The SMILES string of the molecule is CC(C)(N)C(=O)Nc1cccc(N2CCCS2(=O)=O)c1.Cl. The van der Waals surface area contributed by atoms with Crippen molar-refractivity contribution in [1.29, 1.82) is 0 Å². The summed E-state index contributed by atoms with van der Waals surface area (Å²) in [5, 5.41) is 2.69. The minimum atomic E-state index is -3.22. The molecule has 21 heavy (non-hydrogen) atoms. The highest BCUT2D eigenvalue weighted by atomic mass is 35.5. The first-order valence-electron chi connectivity index (χ1n) is 6.41. The minimum absolute atomic E-state index is 0. The van der Waals surface area contributed by atoms with Gasteiger partial charge in [-0.1, -0.05) is 6.07 Å². The van der Waals surface area contributed by atoms with Crippen LogP contribution in [-0.2, 0) is 14.8 Å². The lowest BCUT2D eigenvalue weighted by Gasteiger charge is -2.20. The van der Waals surface area contributed by atoms with Crippen molar-refractivity contribution in [2.45, 2.75) is 25.8 Å². The quantitative estimate of drug-likeness (QED) is 0.872. The second kappa shape index (κ2) is 6.21. The number of nitrogens with one attached hydrogen (secondary N) is 1. The highest BCUT2D eigenvalue weighted by molar-refractivity contribution is 7.93. The van der Waals surface area contributed by atoms with E-state index in [1.54, 1.807) is 38.1 Å². The molecule has 1 aromatic rings. The number of hydrogen-bond acceptors (Lipinski definition) is 4. The van der Waals surface area contributed by atoms with Gasteiger partial charge in [-0.3, -0.25) is 9.10 Å². The summed E-state index contributed by atoms with van der Waals surface area (Å²) in [7, 11) is -3.22. The first-order valence-corrected chi connectivity index (χ1v) is 8.02. The van der Waals surface area contributed by atoms with Crippen LogP contribution < -0.4 is 15.4 Å². The van der Waals surface area contributed by atoms with E-state index in [4.69, 9.17) is 5.73 Å².